The van der Waals surface area contributed by atoms with E-state index in [4.69, 9.17) is 14.2 Å². The Morgan fingerprint density at radius 3 is 2.57 bits per heavy atom. The van der Waals surface area contributed by atoms with Gasteiger partial charge in [0.2, 0.25) is 5.91 Å². The van der Waals surface area contributed by atoms with E-state index in [9.17, 15) is 9.59 Å². The first-order valence-electron chi connectivity index (χ1n) is 9.57. The molecule has 1 aliphatic rings. The Labute approximate surface area is 166 Å². The van der Waals surface area contributed by atoms with Gasteiger partial charge in [-0.1, -0.05) is 6.07 Å². The molecule has 0 spiro atoms. The molecule has 1 aliphatic heterocycles. The number of likely N-dealkylation sites (tertiary alicyclic amines) is 1. The Morgan fingerprint density at radius 1 is 1.14 bits per heavy atom. The average molecular weight is 393 g/mol. The number of amides is 3. The summed E-state index contributed by atoms with van der Waals surface area (Å²) in [7, 11) is 4.82. The van der Waals surface area contributed by atoms with Crippen molar-refractivity contribution in [3.8, 4) is 11.5 Å². The predicted molar refractivity (Wildman–Crippen MR) is 106 cm³/mol. The first kappa shape index (κ1) is 21.8. The van der Waals surface area contributed by atoms with Gasteiger partial charge in [-0.05, 0) is 19.4 Å². The Hall–Kier alpha value is -2.48. The maximum Gasteiger partial charge on any atom is 0.317 e. The number of nitrogens with one attached hydrogen (secondary N) is 2. The smallest absolute Gasteiger partial charge is 0.317 e. The third-order valence-corrected chi connectivity index (χ3v) is 4.94. The fourth-order valence-corrected chi connectivity index (χ4v) is 3.50. The average Bonchev–Trinajstić information content (AvgIpc) is 3.16. The molecule has 28 heavy (non-hydrogen) atoms. The normalized spacial score (nSPS) is 18.6. The van der Waals surface area contributed by atoms with Gasteiger partial charge in [0.15, 0.2) is 0 Å². The second kappa shape index (κ2) is 10.8. The zero-order valence-corrected chi connectivity index (χ0v) is 17.1. The highest BCUT2D eigenvalue weighted by Crippen LogP contribution is 2.39. The van der Waals surface area contributed by atoms with E-state index < -0.39 is 0 Å². The lowest BCUT2D eigenvalue weighted by Crippen LogP contribution is -2.40. The Morgan fingerprint density at radius 2 is 1.93 bits per heavy atom. The molecule has 3 amide bonds. The second-order valence-electron chi connectivity index (χ2n) is 6.70. The Kier molecular flexibility index (Phi) is 8.38. The standard InChI is InChI=1S/C20H31N3O5/c1-5-21-20(25)23-12-16(15-8-7-14(27-3)11-18(15)28-4)17(13-23)19(24)22-9-6-10-26-2/h7-8,11,16-17H,5-6,9-10,12-13H2,1-4H3,(H,21,25)(H,22,24)/t16-,17-/m1/s1. The molecule has 156 valence electrons. The van der Waals surface area contributed by atoms with E-state index in [0.29, 0.717) is 44.3 Å². The van der Waals surface area contributed by atoms with Crippen LogP contribution < -0.4 is 20.1 Å². The van der Waals surface area contributed by atoms with Crippen LogP contribution >= 0.6 is 0 Å². The second-order valence-corrected chi connectivity index (χ2v) is 6.70. The van der Waals surface area contributed by atoms with Crippen molar-refractivity contribution in [2.24, 2.45) is 5.92 Å². The lowest BCUT2D eigenvalue weighted by molar-refractivity contribution is -0.124. The molecule has 0 aromatic heterocycles. The van der Waals surface area contributed by atoms with Gasteiger partial charge in [-0.15, -0.1) is 0 Å². The number of urea groups is 1. The summed E-state index contributed by atoms with van der Waals surface area (Å²) in [5.41, 5.74) is 0.895. The van der Waals surface area contributed by atoms with Crippen molar-refractivity contribution in [2.75, 3.05) is 54.1 Å². The summed E-state index contributed by atoms with van der Waals surface area (Å²) in [6.45, 7) is 4.35. The molecule has 2 rings (SSSR count). The van der Waals surface area contributed by atoms with Crippen LogP contribution in [0.5, 0.6) is 11.5 Å². The lowest BCUT2D eigenvalue weighted by atomic mass is 9.87. The highest BCUT2D eigenvalue weighted by molar-refractivity contribution is 5.83. The van der Waals surface area contributed by atoms with Crippen LogP contribution in [0, 0.1) is 5.92 Å². The van der Waals surface area contributed by atoms with Crippen molar-refractivity contribution in [1.29, 1.82) is 0 Å². The van der Waals surface area contributed by atoms with E-state index in [1.165, 1.54) is 0 Å². The first-order valence-corrected chi connectivity index (χ1v) is 9.57. The van der Waals surface area contributed by atoms with Gasteiger partial charge in [0.05, 0.1) is 20.1 Å². The molecular weight excluding hydrogens is 362 g/mol. The molecule has 1 aromatic rings. The molecule has 1 aromatic carbocycles. The van der Waals surface area contributed by atoms with E-state index in [0.717, 1.165) is 12.0 Å². The molecule has 1 heterocycles. The minimum absolute atomic E-state index is 0.0641. The fourth-order valence-electron chi connectivity index (χ4n) is 3.50. The minimum atomic E-state index is -0.354. The minimum Gasteiger partial charge on any atom is -0.497 e. The fraction of sp³-hybridized carbons (Fsp3) is 0.600. The van der Waals surface area contributed by atoms with Crippen LogP contribution in [0.1, 0.15) is 24.8 Å². The van der Waals surface area contributed by atoms with Gasteiger partial charge in [0.1, 0.15) is 11.5 Å². The SMILES string of the molecule is CCNC(=O)N1C[C@H](c2ccc(OC)cc2OC)[C@H](C(=O)NCCCOC)C1. The highest BCUT2D eigenvalue weighted by Gasteiger charge is 2.41. The number of methoxy groups -OCH3 is 3. The predicted octanol–water partition coefficient (Wildman–Crippen LogP) is 1.60. The molecule has 1 fully saturated rings. The highest BCUT2D eigenvalue weighted by atomic mass is 16.5. The molecule has 1 saturated heterocycles. The third-order valence-electron chi connectivity index (χ3n) is 4.94. The summed E-state index contributed by atoms with van der Waals surface area (Å²) >= 11 is 0. The van der Waals surface area contributed by atoms with Gasteiger partial charge in [-0.25, -0.2) is 4.79 Å². The maximum absolute atomic E-state index is 12.9. The van der Waals surface area contributed by atoms with E-state index in [1.54, 1.807) is 32.3 Å². The molecule has 0 unspecified atom stereocenters. The van der Waals surface area contributed by atoms with Crippen LogP contribution in [-0.2, 0) is 9.53 Å². The van der Waals surface area contributed by atoms with Crippen LogP contribution in [0.3, 0.4) is 0 Å². The molecular formula is C20H31N3O5. The van der Waals surface area contributed by atoms with E-state index >= 15 is 0 Å². The Balaban J connectivity index is 2.24. The summed E-state index contributed by atoms with van der Waals surface area (Å²) in [4.78, 5) is 26.9. The van der Waals surface area contributed by atoms with E-state index in [1.807, 2.05) is 19.1 Å². The first-order chi connectivity index (χ1) is 13.5. The van der Waals surface area contributed by atoms with Gasteiger partial charge in [-0.3, -0.25) is 4.79 Å². The van der Waals surface area contributed by atoms with Gasteiger partial charge < -0.3 is 29.7 Å². The number of carbonyl (C=O) groups excluding carboxylic acids is 2. The van der Waals surface area contributed by atoms with Crippen molar-refractivity contribution in [3.63, 3.8) is 0 Å². The van der Waals surface area contributed by atoms with Crippen LogP contribution in [0.25, 0.3) is 0 Å². The lowest BCUT2D eigenvalue weighted by Gasteiger charge is -2.21. The molecule has 8 nitrogen and oxygen atoms in total. The zero-order chi connectivity index (χ0) is 20.5. The zero-order valence-electron chi connectivity index (χ0n) is 17.1. The van der Waals surface area contributed by atoms with Crippen molar-refractivity contribution in [2.45, 2.75) is 19.3 Å². The number of nitrogens with zero attached hydrogens (tertiary/aromatic N) is 1. The van der Waals surface area contributed by atoms with Crippen LogP contribution in [0.4, 0.5) is 4.79 Å². The van der Waals surface area contributed by atoms with Crippen molar-refractivity contribution in [3.05, 3.63) is 23.8 Å². The van der Waals surface area contributed by atoms with E-state index in [-0.39, 0.29) is 23.8 Å². The monoisotopic (exact) mass is 393 g/mol. The maximum atomic E-state index is 12.9. The van der Waals surface area contributed by atoms with E-state index in [2.05, 4.69) is 10.6 Å². The molecule has 8 heteroatoms. The number of ether oxygens (including phenoxy) is 3. The largest absolute Gasteiger partial charge is 0.497 e. The molecule has 0 saturated carbocycles. The van der Waals surface area contributed by atoms with Gasteiger partial charge in [0, 0.05) is 57.4 Å². The summed E-state index contributed by atoms with van der Waals surface area (Å²) in [6, 6.07) is 5.40. The van der Waals surface area contributed by atoms with Crippen LogP contribution in [0.15, 0.2) is 18.2 Å². The van der Waals surface area contributed by atoms with Gasteiger partial charge in [-0.2, -0.15) is 0 Å². The third kappa shape index (κ3) is 5.28. The summed E-state index contributed by atoms with van der Waals surface area (Å²) < 4.78 is 15.8. The van der Waals surface area contributed by atoms with Gasteiger partial charge in [0.25, 0.3) is 0 Å². The number of benzene rings is 1. The van der Waals surface area contributed by atoms with Crippen molar-refractivity contribution < 1.29 is 23.8 Å². The van der Waals surface area contributed by atoms with Crippen LogP contribution in [-0.4, -0.2) is 71.0 Å². The number of hydrogen-bond donors (Lipinski definition) is 2. The number of carbonyl (C=O) groups is 2. The van der Waals surface area contributed by atoms with Gasteiger partial charge >= 0.3 is 6.03 Å². The molecule has 2 atom stereocenters. The number of rotatable bonds is 9. The number of hydrogen-bond acceptors (Lipinski definition) is 5. The summed E-state index contributed by atoms with van der Waals surface area (Å²) in [5, 5.41) is 5.78. The topological polar surface area (TPSA) is 89.1 Å². The molecule has 2 N–H and O–H groups in total. The quantitative estimate of drug-likeness (QED) is 0.622. The molecule has 0 aliphatic carbocycles. The van der Waals surface area contributed by atoms with Crippen molar-refractivity contribution >= 4 is 11.9 Å². The van der Waals surface area contributed by atoms with Crippen LogP contribution in [0.2, 0.25) is 0 Å². The van der Waals surface area contributed by atoms with Crippen molar-refractivity contribution in [1.82, 2.24) is 15.5 Å². The summed E-state index contributed by atoms with van der Waals surface area (Å²) in [6.07, 6.45) is 0.742. The summed E-state index contributed by atoms with van der Waals surface area (Å²) in [5.74, 6) is 0.753. The molecule has 0 bridgehead atoms. The Bertz CT molecular complexity index is 667. The molecule has 0 radical (unpaired) electrons.